The third kappa shape index (κ3) is 7.80. The molecule has 66 heavy (non-hydrogen) atoms. The monoisotopic (exact) mass is 873 g/mol. The van der Waals surface area contributed by atoms with E-state index in [1.54, 1.807) is 0 Å². The Balaban J connectivity index is 1.05. The number of hydrogen-bond donors (Lipinski definition) is 2. The van der Waals surface area contributed by atoms with E-state index in [0.29, 0.717) is 6.54 Å². The SMILES string of the molecule is C=CCCC(=C)C(=C)CCC(=C)C1=NC(C2=CC3Sc4cc(-c5ccccc5NCC=C)ccc4C4(c5ccccc5-c5ccccc54)C3C=C2)NC(c2ccc(-c3ccccc3)cc2)=C1. The second-order valence-corrected chi connectivity index (χ2v) is 18.9. The van der Waals surface area contributed by atoms with E-state index >= 15 is 0 Å². The Kier molecular flexibility index (Phi) is 11.9. The van der Waals surface area contributed by atoms with Gasteiger partial charge in [0.05, 0.1) is 11.1 Å². The van der Waals surface area contributed by atoms with Crippen LogP contribution in [0.3, 0.4) is 0 Å². The van der Waals surface area contributed by atoms with Crippen LogP contribution in [0.4, 0.5) is 5.69 Å². The first-order valence-corrected chi connectivity index (χ1v) is 24.0. The number of rotatable bonds is 15. The minimum absolute atomic E-state index is 0.120. The zero-order valence-corrected chi connectivity index (χ0v) is 38.3. The summed E-state index contributed by atoms with van der Waals surface area (Å²) >= 11 is 1.98. The molecule has 0 amide bonds. The summed E-state index contributed by atoms with van der Waals surface area (Å²) in [5.41, 5.74) is 19.5. The van der Waals surface area contributed by atoms with Gasteiger partial charge in [0.1, 0.15) is 6.17 Å². The molecule has 0 fully saturated rings. The molecule has 3 unspecified atom stereocenters. The zero-order chi connectivity index (χ0) is 45.2. The predicted octanol–water partition coefficient (Wildman–Crippen LogP) is 15.3. The highest BCUT2D eigenvalue weighted by molar-refractivity contribution is 8.00. The minimum Gasteiger partial charge on any atom is -0.381 e. The second-order valence-electron chi connectivity index (χ2n) is 17.7. The molecule has 0 saturated carbocycles. The molecule has 3 nitrogen and oxygen atoms in total. The lowest BCUT2D eigenvalue weighted by Gasteiger charge is -2.48. The van der Waals surface area contributed by atoms with E-state index in [-0.39, 0.29) is 22.7 Å². The van der Waals surface area contributed by atoms with E-state index in [9.17, 15) is 0 Å². The van der Waals surface area contributed by atoms with Crippen molar-refractivity contribution in [2.75, 3.05) is 11.9 Å². The lowest BCUT2D eigenvalue weighted by atomic mass is 9.61. The van der Waals surface area contributed by atoms with Gasteiger partial charge < -0.3 is 10.6 Å². The summed E-state index contributed by atoms with van der Waals surface area (Å²) in [6.07, 6.45) is 16.4. The molecule has 0 radical (unpaired) electrons. The molecule has 0 saturated heterocycles. The number of anilines is 1. The van der Waals surface area contributed by atoms with Crippen molar-refractivity contribution in [1.29, 1.82) is 0 Å². The number of nitrogens with one attached hydrogen (secondary N) is 2. The molecule has 2 N–H and O–H groups in total. The summed E-state index contributed by atoms with van der Waals surface area (Å²) in [6.45, 7) is 21.9. The van der Waals surface area contributed by atoms with E-state index < -0.39 is 0 Å². The first kappa shape index (κ1) is 42.8. The molecular formula is C62H55N3S. The molecule has 1 spiro atoms. The van der Waals surface area contributed by atoms with Gasteiger partial charge in [-0.15, -0.1) is 24.9 Å². The maximum Gasteiger partial charge on any atom is 0.145 e. The van der Waals surface area contributed by atoms with Gasteiger partial charge in [0, 0.05) is 39.6 Å². The first-order valence-electron chi connectivity index (χ1n) is 23.1. The van der Waals surface area contributed by atoms with E-state index in [4.69, 9.17) is 4.99 Å². The smallest absolute Gasteiger partial charge is 0.145 e. The normalized spacial score (nSPS) is 18.2. The maximum absolute atomic E-state index is 5.47. The van der Waals surface area contributed by atoms with Crippen LogP contribution in [0.2, 0.25) is 0 Å². The van der Waals surface area contributed by atoms with Crippen LogP contribution < -0.4 is 10.6 Å². The summed E-state index contributed by atoms with van der Waals surface area (Å²) in [5.74, 6) is 0.152. The molecule has 0 bridgehead atoms. The van der Waals surface area contributed by atoms with Gasteiger partial charge in [-0.2, -0.15) is 0 Å². The number of allylic oxidation sites excluding steroid dienone is 6. The highest BCUT2D eigenvalue weighted by Crippen LogP contribution is 2.64. The lowest BCUT2D eigenvalue weighted by Crippen LogP contribution is -2.45. The molecule has 2 heterocycles. The fourth-order valence-electron chi connectivity index (χ4n) is 10.4. The average Bonchev–Trinajstić information content (AvgIpc) is 3.66. The molecule has 2 aliphatic heterocycles. The van der Waals surface area contributed by atoms with Crippen LogP contribution in [0.5, 0.6) is 0 Å². The van der Waals surface area contributed by atoms with Gasteiger partial charge in [-0.1, -0.05) is 195 Å². The molecule has 3 atom stereocenters. The van der Waals surface area contributed by atoms with Gasteiger partial charge in [-0.05, 0) is 105 Å². The largest absolute Gasteiger partial charge is 0.381 e. The van der Waals surface area contributed by atoms with Crippen molar-refractivity contribution in [3.63, 3.8) is 0 Å². The van der Waals surface area contributed by atoms with Crippen molar-refractivity contribution >= 4 is 28.9 Å². The second kappa shape index (κ2) is 18.4. The van der Waals surface area contributed by atoms with Gasteiger partial charge in [0.25, 0.3) is 0 Å². The Bertz CT molecular complexity index is 2990. The predicted molar refractivity (Wildman–Crippen MR) is 283 cm³/mol. The van der Waals surface area contributed by atoms with Gasteiger partial charge >= 0.3 is 0 Å². The minimum atomic E-state index is -0.386. The van der Waals surface area contributed by atoms with Crippen LogP contribution in [0.1, 0.15) is 47.9 Å². The van der Waals surface area contributed by atoms with Crippen molar-refractivity contribution < 1.29 is 0 Å². The third-order valence-corrected chi connectivity index (χ3v) is 15.0. The fourth-order valence-corrected chi connectivity index (χ4v) is 11.9. The van der Waals surface area contributed by atoms with Crippen LogP contribution in [0, 0.1) is 5.92 Å². The number of fused-ring (bicyclic) bond motifs is 9. The van der Waals surface area contributed by atoms with E-state index in [1.807, 2.05) is 23.9 Å². The van der Waals surface area contributed by atoms with Crippen LogP contribution in [-0.4, -0.2) is 23.7 Å². The molecule has 4 heteroatoms. The zero-order valence-electron chi connectivity index (χ0n) is 37.5. The fraction of sp³-hybridized carbons (Fsp3) is 0.145. The van der Waals surface area contributed by atoms with Crippen molar-refractivity contribution in [2.45, 2.75) is 47.4 Å². The average molecular weight is 874 g/mol. The summed E-state index contributed by atoms with van der Waals surface area (Å²) in [5, 5.41) is 7.60. The molecule has 324 valence electrons. The number of hydrogen-bond acceptors (Lipinski definition) is 4. The first-order chi connectivity index (χ1) is 32.4. The number of para-hydroxylation sites is 1. The quantitative estimate of drug-likeness (QED) is 0.0797. The number of thioether (sulfide) groups is 1. The number of aliphatic imine (C=N–C) groups is 1. The van der Waals surface area contributed by atoms with Gasteiger partial charge in [-0.25, -0.2) is 0 Å². The van der Waals surface area contributed by atoms with Crippen molar-refractivity contribution in [1.82, 2.24) is 5.32 Å². The Morgan fingerprint density at radius 3 is 2.02 bits per heavy atom. The van der Waals surface area contributed by atoms with Crippen molar-refractivity contribution in [2.24, 2.45) is 10.9 Å². The molecule has 6 aromatic carbocycles. The van der Waals surface area contributed by atoms with Crippen molar-refractivity contribution in [3.05, 3.63) is 259 Å². The van der Waals surface area contributed by atoms with Crippen molar-refractivity contribution in [3.8, 4) is 33.4 Å². The molecule has 0 aromatic heterocycles. The number of nitrogens with zero attached hydrogens (tertiary/aromatic N) is 1. The van der Waals surface area contributed by atoms with E-state index in [2.05, 4.69) is 213 Å². The molecule has 6 aromatic rings. The highest BCUT2D eigenvalue weighted by Gasteiger charge is 2.55. The maximum atomic E-state index is 5.47. The van der Waals surface area contributed by atoms with Gasteiger partial charge in [-0.3, -0.25) is 4.99 Å². The number of benzene rings is 6. The molecular weight excluding hydrogens is 819 g/mol. The Morgan fingerprint density at radius 2 is 1.29 bits per heavy atom. The van der Waals surface area contributed by atoms with Crippen LogP contribution in [0.25, 0.3) is 39.1 Å². The summed E-state index contributed by atoms with van der Waals surface area (Å²) < 4.78 is 0. The Labute approximate surface area is 395 Å². The molecule has 4 aliphatic rings. The summed E-state index contributed by atoms with van der Waals surface area (Å²) in [7, 11) is 0. The van der Waals surface area contributed by atoms with Crippen LogP contribution in [-0.2, 0) is 5.41 Å². The van der Waals surface area contributed by atoms with Crippen LogP contribution in [0.15, 0.2) is 247 Å². The van der Waals surface area contributed by atoms with E-state index in [1.165, 1.54) is 55.0 Å². The Hall–Kier alpha value is -7.14. The van der Waals surface area contributed by atoms with Crippen LogP contribution >= 0.6 is 11.8 Å². The summed E-state index contributed by atoms with van der Waals surface area (Å²) in [4.78, 5) is 6.77. The van der Waals surface area contributed by atoms with Gasteiger partial charge in [0.2, 0.25) is 0 Å². The Morgan fingerprint density at radius 1 is 0.652 bits per heavy atom. The standard InChI is InChI=1S/C62H55N3S/c1-6-8-18-41(3)42(4)27-28-43(5)57-40-58(46-31-29-45(30-32-46)44-19-10-9-11-20-44)65-61(64-57)48-34-36-55-60(39-48)66-59-38-47(49-21-14-17-26-56(49)63-37-7-2)33-35-54(59)62(55)52-24-15-12-22-50(52)51-23-13-16-25-53(51)62/h6-7,9-17,19-26,29-36,38-40,55,60-61,63,65H,1-5,8,18,27-28,37H2. The lowest BCUT2D eigenvalue weighted by molar-refractivity contribution is 0.446. The topological polar surface area (TPSA) is 36.4 Å². The highest BCUT2D eigenvalue weighted by atomic mass is 32.2. The van der Waals surface area contributed by atoms with Gasteiger partial charge in [0.15, 0.2) is 0 Å². The van der Waals surface area contributed by atoms with E-state index in [0.717, 1.165) is 70.6 Å². The molecule has 10 rings (SSSR count). The molecule has 2 aliphatic carbocycles. The third-order valence-electron chi connectivity index (χ3n) is 13.7. The summed E-state index contributed by atoms with van der Waals surface area (Å²) in [6, 6.07) is 53.3.